The highest BCUT2D eigenvalue weighted by atomic mass is 16.6. The van der Waals surface area contributed by atoms with E-state index in [9.17, 15) is 14.4 Å². The molecular weight excluding hydrogens is 176 g/mol. The van der Waals surface area contributed by atoms with Crippen LogP contribution in [0.2, 0.25) is 0 Å². The van der Waals surface area contributed by atoms with Crippen LogP contribution in [0.15, 0.2) is 12.2 Å². The minimum Gasteiger partial charge on any atom is -0.478 e. The van der Waals surface area contributed by atoms with Gasteiger partial charge in [-0.1, -0.05) is 13.8 Å². The van der Waals surface area contributed by atoms with Gasteiger partial charge in [-0.3, -0.25) is 4.79 Å². The molecule has 5 nitrogen and oxygen atoms in total. The molecule has 0 atom stereocenters. The first kappa shape index (κ1) is 11.4. The fourth-order valence-corrected chi connectivity index (χ4v) is 0.390. The Bertz CT molecular complexity index is 251. The van der Waals surface area contributed by atoms with Crippen LogP contribution in [0.25, 0.3) is 0 Å². The van der Waals surface area contributed by atoms with E-state index >= 15 is 0 Å². The van der Waals surface area contributed by atoms with Gasteiger partial charge in [-0.25, -0.2) is 9.59 Å². The summed E-state index contributed by atoms with van der Waals surface area (Å²) in [6, 6.07) is 0. The van der Waals surface area contributed by atoms with Crippen LogP contribution < -0.4 is 0 Å². The second-order valence-corrected chi connectivity index (χ2v) is 2.57. The van der Waals surface area contributed by atoms with Gasteiger partial charge in [-0.2, -0.15) is 0 Å². The zero-order valence-electron chi connectivity index (χ0n) is 7.31. The molecular formula is C8H10O5. The maximum absolute atomic E-state index is 10.8. The maximum atomic E-state index is 10.8. The number of carbonyl (C=O) groups excluding carboxylic acids is 2. The zero-order valence-corrected chi connectivity index (χ0v) is 7.31. The van der Waals surface area contributed by atoms with Crippen molar-refractivity contribution in [2.45, 2.75) is 13.8 Å². The lowest BCUT2D eigenvalue weighted by molar-refractivity contribution is -0.158. The molecule has 0 saturated heterocycles. The quantitative estimate of drug-likeness (QED) is 0.391. The van der Waals surface area contributed by atoms with Gasteiger partial charge in [0.1, 0.15) is 0 Å². The Morgan fingerprint density at radius 3 is 2.15 bits per heavy atom. The molecule has 0 unspecified atom stereocenters. The first-order chi connectivity index (χ1) is 5.93. The van der Waals surface area contributed by atoms with Gasteiger partial charge < -0.3 is 9.84 Å². The summed E-state index contributed by atoms with van der Waals surface area (Å²) in [7, 11) is 0. The number of carboxylic acid groups (broad SMARTS) is 1. The average molecular weight is 186 g/mol. The summed E-state index contributed by atoms with van der Waals surface area (Å²) in [5.74, 6) is -3.34. The Balaban J connectivity index is 4.02. The molecule has 0 rings (SSSR count). The van der Waals surface area contributed by atoms with Crippen molar-refractivity contribution in [3.05, 3.63) is 12.2 Å². The Morgan fingerprint density at radius 1 is 1.23 bits per heavy atom. The van der Waals surface area contributed by atoms with Crippen molar-refractivity contribution in [2.75, 3.05) is 0 Å². The van der Waals surface area contributed by atoms with Crippen molar-refractivity contribution < 1.29 is 24.2 Å². The Hall–Kier alpha value is -1.65. The highest BCUT2D eigenvalue weighted by Crippen LogP contribution is 1.96. The molecule has 0 aromatic heterocycles. The van der Waals surface area contributed by atoms with Crippen molar-refractivity contribution in [1.29, 1.82) is 0 Å². The Morgan fingerprint density at radius 2 is 1.77 bits per heavy atom. The predicted molar refractivity (Wildman–Crippen MR) is 42.7 cm³/mol. The monoisotopic (exact) mass is 186 g/mol. The normalized spacial score (nSPS) is 10.4. The molecule has 0 fully saturated rings. The summed E-state index contributed by atoms with van der Waals surface area (Å²) < 4.78 is 4.23. The fourth-order valence-electron chi connectivity index (χ4n) is 0.390. The van der Waals surface area contributed by atoms with Gasteiger partial charge in [0, 0.05) is 12.2 Å². The molecule has 0 bridgehead atoms. The van der Waals surface area contributed by atoms with E-state index in [2.05, 4.69) is 4.74 Å². The van der Waals surface area contributed by atoms with E-state index in [-0.39, 0.29) is 0 Å². The number of hydrogen-bond acceptors (Lipinski definition) is 4. The number of rotatable bonds is 3. The van der Waals surface area contributed by atoms with Gasteiger partial charge >= 0.3 is 17.9 Å². The molecule has 13 heavy (non-hydrogen) atoms. The highest BCUT2D eigenvalue weighted by molar-refractivity contribution is 5.96. The first-order valence-electron chi connectivity index (χ1n) is 3.60. The third kappa shape index (κ3) is 5.60. The average Bonchev–Trinajstić information content (AvgIpc) is 2.00. The lowest BCUT2D eigenvalue weighted by Crippen LogP contribution is -2.15. The van der Waals surface area contributed by atoms with Crippen LogP contribution in [0.4, 0.5) is 0 Å². The molecule has 0 spiro atoms. The topological polar surface area (TPSA) is 80.7 Å². The Kier molecular flexibility index (Phi) is 4.43. The number of aliphatic carboxylic acids is 1. The molecule has 0 aromatic rings. The van der Waals surface area contributed by atoms with E-state index in [1.165, 1.54) is 0 Å². The second kappa shape index (κ2) is 5.08. The number of esters is 2. The standard InChI is InChI=1S/C8H10O5/c1-5(2)8(12)13-7(11)4-3-6(9)10/h3-5H,1-2H3,(H,9,10)/b4-3-. The summed E-state index contributed by atoms with van der Waals surface area (Å²) in [4.78, 5) is 31.4. The summed E-state index contributed by atoms with van der Waals surface area (Å²) in [5.41, 5.74) is 0. The molecule has 72 valence electrons. The smallest absolute Gasteiger partial charge is 0.338 e. The third-order valence-electron chi connectivity index (χ3n) is 1.03. The van der Waals surface area contributed by atoms with Gasteiger partial charge in [0.05, 0.1) is 5.92 Å². The fraction of sp³-hybridized carbons (Fsp3) is 0.375. The molecule has 0 aliphatic heterocycles. The lowest BCUT2D eigenvalue weighted by Gasteiger charge is -2.01. The molecule has 0 aromatic carbocycles. The van der Waals surface area contributed by atoms with Crippen LogP contribution in [0, 0.1) is 5.92 Å². The van der Waals surface area contributed by atoms with Gasteiger partial charge in [-0.05, 0) is 0 Å². The molecule has 0 aliphatic carbocycles. The summed E-state index contributed by atoms with van der Waals surface area (Å²) in [5, 5.41) is 8.13. The maximum Gasteiger partial charge on any atom is 0.338 e. The number of ether oxygens (including phenoxy) is 1. The van der Waals surface area contributed by atoms with Crippen LogP contribution >= 0.6 is 0 Å². The number of hydrogen-bond donors (Lipinski definition) is 1. The van der Waals surface area contributed by atoms with Crippen LogP contribution in [0.1, 0.15) is 13.8 Å². The van der Waals surface area contributed by atoms with Crippen LogP contribution in [-0.4, -0.2) is 23.0 Å². The van der Waals surface area contributed by atoms with E-state index in [1.807, 2.05) is 0 Å². The first-order valence-corrected chi connectivity index (χ1v) is 3.60. The predicted octanol–water partition coefficient (Wildman–Crippen LogP) is 0.353. The van der Waals surface area contributed by atoms with Crippen molar-refractivity contribution in [2.24, 2.45) is 5.92 Å². The molecule has 5 heteroatoms. The minimum absolute atomic E-state index is 0.415. The highest BCUT2D eigenvalue weighted by Gasteiger charge is 2.11. The van der Waals surface area contributed by atoms with Crippen molar-refractivity contribution in [3.8, 4) is 0 Å². The Labute approximate surface area is 75.0 Å². The van der Waals surface area contributed by atoms with Gasteiger partial charge in [0.25, 0.3) is 0 Å². The van der Waals surface area contributed by atoms with E-state index in [4.69, 9.17) is 5.11 Å². The van der Waals surface area contributed by atoms with Crippen molar-refractivity contribution in [1.82, 2.24) is 0 Å². The molecule has 0 saturated carbocycles. The number of carboxylic acids is 1. The molecule has 1 N–H and O–H groups in total. The molecule has 0 heterocycles. The van der Waals surface area contributed by atoms with E-state index in [0.29, 0.717) is 12.2 Å². The molecule has 0 aliphatic rings. The SMILES string of the molecule is CC(C)C(=O)OC(=O)/C=C\C(=O)O. The summed E-state index contributed by atoms with van der Waals surface area (Å²) in [6.45, 7) is 3.13. The van der Waals surface area contributed by atoms with E-state index in [0.717, 1.165) is 0 Å². The molecule has 0 radical (unpaired) electrons. The van der Waals surface area contributed by atoms with Crippen LogP contribution in [-0.2, 0) is 19.1 Å². The van der Waals surface area contributed by atoms with Gasteiger partial charge in [0.2, 0.25) is 0 Å². The largest absolute Gasteiger partial charge is 0.478 e. The minimum atomic E-state index is -1.27. The van der Waals surface area contributed by atoms with Gasteiger partial charge in [0.15, 0.2) is 0 Å². The van der Waals surface area contributed by atoms with Crippen LogP contribution in [0.3, 0.4) is 0 Å². The van der Waals surface area contributed by atoms with Crippen molar-refractivity contribution >= 4 is 17.9 Å². The van der Waals surface area contributed by atoms with E-state index < -0.39 is 23.8 Å². The second-order valence-electron chi connectivity index (χ2n) is 2.57. The van der Waals surface area contributed by atoms with Crippen LogP contribution in [0.5, 0.6) is 0 Å². The third-order valence-corrected chi connectivity index (χ3v) is 1.03. The lowest BCUT2D eigenvalue weighted by atomic mass is 10.2. The van der Waals surface area contributed by atoms with Gasteiger partial charge in [-0.15, -0.1) is 0 Å². The molecule has 0 amide bonds. The van der Waals surface area contributed by atoms with Crippen molar-refractivity contribution in [3.63, 3.8) is 0 Å². The number of carbonyl (C=O) groups is 3. The zero-order chi connectivity index (χ0) is 10.4. The summed E-state index contributed by atoms with van der Waals surface area (Å²) >= 11 is 0. The summed E-state index contributed by atoms with van der Waals surface area (Å²) in [6.07, 6.45) is 1.29. The van der Waals surface area contributed by atoms with E-state index in [1.54, 1.807) is 13.8 Å².